The maximum Gasteiger partial charge on any atom is 0.0658 e. The van der Waals surface area contributed by atoms with Crippen molar-refractivity contribution < 1.29 is 0 Å². The van der Waals surface area contributed by atoms with Gasteiger partial charge in [-0.1, -0.05) is 50.8 Å². The molecular formula is C19H29N. The molecule has 0 aliphatic carbocycles. The summed E-state index contributed by atoms with van der Waals surface area (Å²) >= 11 is 0. The monoisotopic (exact) mass is 271 g/mol. The van der Waals surface area contributed by atoms with Crippen molar-refractivity contribution >= 4 is 5.71 Å². The summed E-state index contributed by atoms with van der Waals surface area (Å²) in [5.41, 5.74) is 3.38. The Balaban J connectivity index is 5.14. The molecule has 0 saturated heterocycles. The Morgan fingerprint density at radius 3 is 2.40 bits per heavy atom. The molecule has 0 aromatic carbocycles. The number of rotatable bonds is 8. The van der Waals surface area contributed by atoms with Crippen molar-refractivity contribution in [3.63, 3.8) is 0 Å². The van der Waals surface area contributed by atoms with Crippen LogP contribution in [-0.2, 0) is 0 Å². The van der Waals surface area contributed by atoms with Crippen molar-refractivity contribution in [1.29, 1.82) is 0 Å². The summed E-state index contributed by atoms with van der Waals surface area (Å²) in [5.74, 6) is 0.712. The average Bonchev–Trinajstić information content (AvgIpc) is 2.39. The first-order valence-electron chi connectivity index (χ1n) is 7.38. The third-order valence-electron chi connectivity index (χ3n) is 2.87. The Morgan fingerprint density at radius 2 is 1.90 bits per heavy atom. The summed E-state index contributed by atoms with van der Waals surface area (Å²) < 4.78 is 0. The molecule has 0 atom stereocenters. The molecule has 0 aromatic rings. The van der Waals surface area contributed by atoms with E-state index in [1.807, 2.05) is 38.2 Å². The zero-order valence-corrected chi connectivity index (χ0v) is 13.7. The molecule has 0 saturated carbocycles. The van der Waals surface area contributed by atoms with Crippen LogP contribution in [-0.4, -0.2) is 5.71 Å². The molecule has 110 valence electrons. The van der Waals surface area contributed by atoms with Crippen LogP contribution >= 0.6 is 0 Å². The lowest BCUT2D eigenvalue weighted by Crippen LogP contribution is -2.02. The van der Waals surface area contributed by atoms with Crippen molar-refractivity contribution in [2.45, 2.75) is 47.5 Å². The van der Waals surface area contributed by atoms with Crippen molar-refractivity contribution in [3.8, 4) is 0 Å². The smallest absolute Gasteiger partial charge is 0.0658 e. The zero-order valence-electron chi connectivity index (χ0n) is 13.7. The molecule has 1 nitrogen and oxygen atoms in total. The molecule has 0 fully saturated rings. The molecule has 0 aromatic heterocycles. The summed E-state index contributed by atoms with van der Waals surface area (Å²) in [6.07, 6.45) is 16.2. The fraction of sp³-hybridized carbons (Fsp3) is 0.421. The van der Waals surface area contributed by atoms with Gasteiger partial charge in [-0.25, -0.2) is 0 Å². The van der Waals surface area contributed by atoms with Crippen LogP contribution in [0.4, 0.5) is 0 Å². The highest BCUT2D eigenvalue weighted by Gasteiger charge is 2.05. The molecule has 20 heavy (non-hydrogen) atoms. The first kappa shape index (κ1) is 18.4. The van der Waals surface area contributed by atoms with E-state index in [2.05, 4.69) is 39.5 Å². The maximum atomic E-state index is 4.72. The SMILES string of the molecule is C=C\C=C/C=C(C)/N=C(\C=C/C)C(=C/C)/CCC(C)C. The van der Waals surface area contributed by atoms with E-state index in [9.17, 15) is 0 Å². The van der Waals surface area contributed by atoms with Crippen LogP contribution in [0.5, 0.6) is 0 Å². The molecular weight excluding hydrogens is 242 g/mol. The molecule has 0 rings (SSSR count). The first-order valence-corrected chi connectivity index (χ1v) is 7.38. The normalized spacial score (nSPS) is 14.8. The highest BCUT2D eigenvalue weighted by Crippen LogP contribution is 2.15. The van der Waals surface area contributed by atoms with Gasteiger partial charge in [-0.05, 0) is 57.3 Å². The quantitative estimate of drug-likeness (QED) is 0.377. The van der Waals surface area contributed by atoms with Crippen LogP contribution in [0.15, 0.2) is 65.4 Å². The summed E-state index contributed by atoms with van der Waals surface area (Å²) in [4.78, 5) is 4.72. The van der Waals surface area contributed by atoms with Crippen LogP contribution < -0.4 is 0 Å². The third kappa shape index (κ3) is 8.47. The number of hydrogen-bond acceptors (Lipinski definition) is 1. The van der Waals surface area contributed by atoms with Gasteiger partial charge in [0.1, 0.15) is 0 Å². The van der Waals surface area contributed by atoms with Gasteiger partial charge in [0.05, 0.1) is 5.71 Å². The molecule has 0 heterocycles. The Labute approximate surface area is 125 Å². The summed E-state index contributed by atoms with van der Waals surface area (Å²) in [6.45, 7) is 14.3. The van der Waals surface area contributed by atoms with Gasteiger partial charge in [-0.3, -0.25) is 4.99 Å². The predicted octanol–water partition coefficient (Wildman–Crippen LogP) is 6.03. The highest BCUT2D eigenvalue weighted by molar-refractivity contribution is 6.08. The van der Waals surface area contributed by atoms with Crippen LogP contribution in [0.1, 0.15) is 47.5 Å². The lowest BCUT2D eigenvalue weighted by molar-refractivity contribution is 0.590. The predicted molar refractivity (Wildman–Crippen MR) is 93.2 cm³/mol. The Kier molecular flexibility index (Phi) is 10.3. The number of allylic oxidation sites excluding steroid dienone is 9. The van der Waals surface area contributed by atoms with E-state index >= 15 is 0 Å². The fourth-order valence-electron chi connectivity index (χ4n) is 1.74. The average molecular weight is 271 g/mol. The van der Waals surface area contributed by atoms with E-state index in [4.69, 9.17) is 4.99 Å². The fourth-order valence-corrected chi connectivity index (χ4v) is 1.74. The van der Waals surface area contributed by atoms with Crippen LogP contribution in [0.3, 0.4) is 0 Å². The van der Waals surface area contributed by atoms with Gasteiger partial charge in [-0.15, -0.1) is 0 Å². The number of hydrogen-bond donors (Lipinski definition) is 0. The summed E-state index contributed by atoms with van der Waals surface area (Å²) in [7, 11) is 0. The van der Waals surface area contributed by atoms with Gasteiger partial charge in [0.15, 0.2) is 0 Å². The molecule has 0 spiro atoms. The Morgan fingerprint density at radius 1 is 1.20 bits per heavy atom. The summed E-state index contributed by atoms with van der Waals surface area (Å²) in [6, 6.07) is 0. The van der Waals surface area contributed by atoms with E-state index in [-0.39, 0.29) is 0 Å². The number of aliphatic imine (C=N–C) groups is 1. The summed E-state index contributed by atoms with van der Waals surface area (Å²) in [5, 5.41) is 0. The van der Waals surface area contributed by atoms with Crippen molar-refractivity contribution in [3.05, 3.63) is 60.4 Å². The first-order chi connectivity index (χ1) is 9.54. The second-order valence-electron chi connectivity index (χ2n) is 5.17. The lowest BCUT2D eigenvalue weighted by atomic mass is 9.99. The molecule has 0 unspecified atom stereocenters. The number of nitrogens with zero attached hydrogens (tertiary/aromatic N) is 1. The van der Waals surface area contributed by atoms with E-state index < -0.39 is 0 Å². The maximum absolute atomic E-state index is 4.72. The van der Waals surface area contributed by atoms with Gasteiger partial charge < -0.3 is 0 Å². The minimum Gasteiger partial charge on any atom is -0.254 e. The van der Waals surface area contributed by atoms with Gasteiger partial charge in [0, 0.05) is 5.70 Å². The third-order valence-corrected chi connectivity index (χ3v) is 2.87. The van der Waals surface area contributed by atoms with Crippen LogP contribution in [0.25, 0.3) is 0 Å². The second-order valence-corrected chi connectivity index (χ2v) is 5.17. The van der Waals surface area contributed by atoms with Gasteiger partial charge >= 0.3 is 0 Å². The molecule has 0 aliphatic heterocycles. The van der Waals surface area contributed by atoms with Crippen LogP contribution in [0, 0.1) is 5.92 Å². The molecule has 0 aliphatic rings. The second kappa shape index (κ2) is 11.2. The minimum atomic E-state index is 0.712. The van der Waals surface area contributed by atoms with Crippen LogP contribution in [0.2, 0.25) is 0 Å². The van der Waals surface area contributed by atoms with E-state index in [1.54, 1.807) is 6.08 Å². The van der Waals surface area contributed by atoms with Gasteiger partial charge in [0.25, 0.3) is 0 Å². The lowest BCUT2D eigenvalue weighted by Gasteiger charge is -2.10. The molecule has 1 heteroatoms. The molecule has 0 N–H and O–H groups in total. The van der Waals surface area contributed by atoms with Crippen molar-refractivity contribution in [2.24, 2.45) is 10.9 Å². The Bertz CT molecular complexity index is 429. The largest absolute Gasteiger partial charge is 0.254 e. The zero-order chi connectivity index (χ0) is 15.4. The topological polar surface area (TPSA) is 12.4 Å². The standard InChI is InChI=1S/C19H29N/c1-7-10-11-13-17(6)20-19(12-8-2)18(9-3)15-14-16(4)5/h7-13,16H,1,14-15H2,2-6H3/b11-10-,12-8-,17-13+,18-9+,20-19+. The van der Waals surface area contributed by atoms with E-state index in [1.165, 1.54) is 12.0 Å². The van der Waals surface area contributed by atoms with Gasteiger partial charge in [0.2, 0.25) is 0 Å². The highest BCUT2D eigenvalue weighted by atomic mass is 14.7. The van der Waals surface area contributed by atoms with Crippen molar-refractivity contribution in [2.75, 3.05) is 0 Å². The van der Waals surface area contributed by atoms with Gasteiger partial charge in [-0.2, -0.15) is 0 Å². The molecule has 0 amide bonds. The molecule has 0 bridgehead atoms. The minimum absolute atomic E-state index is 0.712. The molecule has 0 radical (unpaired) electrons. The van der Waals surface area contributed by atoms with Crippen molar-refractivity contribution in [1.82, 2.24) is 0 Å². The van der Waals surface area contributed by atoms with E-state index in [0.717, 1.165) is 17.8 Å². The van der Waals surface area contributed by atoms with E-state index in [0.29, 0.717) is 5.92 Å². The Hall–Kier alpha value is -1.63.